The van der Waals surface area contributed by atoms with Gasteiger partial charge in [-0.2, -0.15) is 0 Å². The highest BCUT2D eigenvalue weighted by atomic mass is 28.4. The first kappa shape index (κ1) is 29.3. The summed E-state index contributed by atoms with van der Waals surface area (Å²) in [5.41, 5.74) is 0.395. The maximum Gasteiger partial charge on any atom is 0.269 e. The molecule has 1 aromatic heterocycles. The van der Waals surface area contributed by atoms with E-state index < -0.39 is 16.4 Å². The fourth-order valence-corrected chi connectivity index (χ4v) is 10.3. The van der Waals surface area contributed by atoms with Gasteiger partial charge in [-0.05, 0) is 28.4 Å². The normalized spacial score (nSPS) is 13.6. The van der Waals surface area contributed by atoms with Gasteiger partial charge in [0.25, 0.3) is 13.9 Å². The second kappa shape index (κ2) is 12.1. The van der Waals surface area contributed by atoms with Crippen LogP contribution >= 0.6 is 0 Å². The number of ether oxygens (including phenoxy) is 1. The lowest BCUT2D eigenvalue weighted by Gasteiger charge is -2.44. The lowest BCUT2D eigenvalue weighted by molar-refractivity contribution is 0.0577. The van der Waals surface area contributed by atoms with E-state index in [0.717, 1.165) is 6.04 Å². The molecule has 0 unspecified atom stereocenters. The average molecular weight is 541 g/mol. The van der Waals surface area contributed by atoms with E-state index in [4.69, 9.17) is 9.16 Å². The van der Waals surface area contributed by atoms with Crippen molar-refractivity contribution in [2.24, 2.45) is 0 Å². The Bertz CT molecular complexity index is 1140. The van der Waals surface area contributed by atoms with Crippen molar-refractivity contribution in [3.63, 3.8) is 0 Å². The van der Waals surface area contributed by atoms with E-state index in [1.165, 1.54) is 16.4 Å². The van der Waals surface area contributed by atoms with Crippen LogP contribution in [0.4, 0.5) is 0 Å². The molecule has 0 saturated heterocycles. The van der Waals surface area contributed by atoms with Crippen molar-refractivity contribution in [3.05, 3.63) is 82.8 Å². The molecule has 0 aliphatic rings. The van der Waals surface area contributed by atoms with Crippen LogP contribution in [0, 0.1) is 0 Å². The Balaban J connectivity index is 1.95. The van der Waals surface area contributed by atoms with Crippen LogP contribution < -0.4 is 15.9 Å². The molecule has 1 heterocycles. The van der Waals surface area contributed by atoms with Gasteiger partial charge in [0.1, 0.15) is 6.73 Å². The summed E-state index contributed by atoms with van der Waals surface area (Å²) in [7, 11) is -3.98. The highest BCUT2D eigenvalue weighted by molar-refractivity contribution is 6.99. The zero-order valence-corrected chi connectivity index (χ0v) is 25.5. The highest BCUT2D eigenvalue weighted by Crippen LogP contribution is 2.37. The third-order valence-electron chi connectivity index (χ3n) is 6.76. The van der Waals surface area contributed by atoms with Crippen LogP contribution in [0.5, 0.6) is 0 Å². The Hall–Kier alpha value is -2.24. The fraction of sp³-hybridized carbons (Fsp3) is 0.483. The first-order valence-corrected chi connectivity index (χ1v) is 18.8. The molecule has 2 aromatic carbocycles. The van der Waals surface area contributed by atoms with E-state index >= 15 is 0 Å². The average Bonchev–Trinajstić information content (AvgIpc) is 3.14. The zero-order valence-electron chi connectivity index (χ0n) is 23.5. The number of aromatic nitrogens is 2. The van der Waals surface area contributed by atoms with Gasteiger partial charge in [0.15, 0.2) is 0 Å². The van der Waals surface area contributed by atoms with Gasteiger partial charge < -0.3 is 14.3 Å². The Morgan fingerprint density at radius 1 is 0.919 bits per heavy atom. The van der Waals surface area contributed by atoms with Crippen molar-refractivity contribution >= 4 is 26.8 Å². The molecule has 0 fully saturated rings. The van der Waals surface area contributed by atoms with Crippen molar-refractivity contribution in [1.82, 2.24) is 9.36 Å². The number of aliphatic hydroxyl groups excluding tert-OH is 1. The van der Waals surface area contributed by atoms with E-state index in [9.17, 15) is 9.90 Å². The molecule has 0 saturated carbocycles. The Morgan fingerprint density at radius 2 is 1.46 bits per heavy atom. The van der Waals surface area contributed by atoms with Gasteiger partial charge in [0.05, 0.1) is 24.9 Å². The van der Waals surface area contributed by atoms with Crippen LogP contribution in [0.1, 0.15) is 33.4 Å². The second-order valence-corrected chi connectivity index (χ2v) is 21.9. The molecule has 1 N–H and O–H groups in total. The minimum atomic E-state index is -2.75. The second-order valence-electron chi connectivity index (χ2n) is 12.1. The number of hydrogen-bond acceptors (Lipinski definition) is 4. The van der Waals surface area contributed by atoms with Crippen molar-refractivity contribution in [2.75, 3.05) is 6.61 Å². The summed E-state index contributed by atoms with van der Waals surface area (Å²) in [6.07, 6.45) is -0.225. The molecule has 8 heteroatoms. The molecule has 3 aromatic rings. The first-order valence-electron chi connectivity index (χ1n) is 13.2. The van der Waals surface area contributed by atoms with Gasteiger partial charge >= 0.3 is 0 Å². The predicted octanol–water partition coefficient (Wildman–Crippen LogP) is 4.42. The van der Waals surface area contributed by atoms with E-state index in [2.05, 4.69) is 95.9 Å². The lowest BCUT2D eigenvalue weighted by atomic mass is 10.2. The van der Waals surface area contributed by atoms with Crippen LogP contribution in [-0.2, 0) is 29.0 Å². The summed E-state index contributed by atoms with van der Waals surface area (Å²) in [6, 6.07) is 23.6. The van der Waals surface area contributed by atoms with Crippen molar-refractivity contribution in [1.29, 1.82) is 0 Å². The number of benzene rings is 2. The lowest BCUT2D eigenvalue weighted by Crippen LogP contribution is -2.67. The Kier molecular flexibility index (Phi) is 9.58. The Labute approximate surface area is 224 Å². The SMILES string of the molecule is C[C@@H](Cn1c(CO)cc(=O)n1COCC[Si](C)(C)C)O[Si](c1ccccc1)(c1ccccc1)C(C)(C)C. The maximum absolute atomic E-state index is 12.8. The molecule has 0 amide bonds. The zero-order chi connectivity index (χ0) is 27.3. The van der Waals surface area contributed by atoms with E-state index in [-0.39, 0.29) is 30.0 Å². The van der Waals surface area contributed by atoms with Gasteiger partial charge in [-0.3, -0.25) is 9.48 Å². The fourth-order valence-electron chi connectivity index (χ4n) is 4.85. The molecule has 0 aliphatic heterocycles. The van der Waals surface area contributed by atoms with Crippen LogP contribution in [0.3, 0.4) is 0 Å². The third kappa shape index (κ3) is 7.00. The molecule has 0 spiro atoms. The third-order valence-corrected chi connectivity index (χ3v) is 13.6. The largest absolute Gasteiger partial charge is 0.403 e. The number of aliphatic hydroxyl groups is 1. The van der Waals surface area contributed by atoms with E-state index in [1.54, 1.807) is 4.68 Å². The number of rotatable bonds is 12. The minimum Gasteiger partial charge on any atom is -0.403 e. The summed E-state index contributed by atoms with van der Waals surface area (Å²) < 4.78 is 16.5. The molecule has 3 rings (SSSR count). The molecule has 1 atom stereocenters. The van der Waals surface area contributed by atoms with Crippen LogP contribution in [-0.4, -0.2) is 43.6 Å². The topological polar surface area (TPSA) is 65.6 Å². The summed E-state index contributed by atoms with van der Waals surface area (Å²) in [5, 5.41) is 12.3. The summed E-state index contributed by atoms with van der Waals surface area (Å²) in [5.74, 6) is 0. The van der Waals surface area contributed by atoms with Crippen LogP contribution in [0.15, 0.2) is 71.5 Å². The van der Waals surface area contributed by atoms with Gasteiger partial charge in [-0.25, -0.2) is 4.68 Å². The molecular formula is C29H44N2O4Si2. The molecule has 0 aliphatic carbocycles. The summed E-state index contributed by atoms with van der Waals surface area (Å²) in [4.78, 5) is 12.8. The van der Waals surface area contributed by atoms with Gasteiger partial charge in [0.2, 0.25) is 0 Å². The standard InChI is InChI=1S/C29H44N2O4Si2/c1-24(21-30-25(22-32)20-28(33)31(30)23-34-18-19-36(5,6)7)35-37(29(2,3)4,26-14-10-8-11-15-26)27-16-12-9-13-17-27/h8-17,20,24,32H,18-19,21-23H2,1-7H3/t24-/m0/s1. The minimum absolute atomic E-state index is 0.153. The molecule has 0 radical (unpaired) electrons. The molecule has 0 bridgehead atoms. The Morgan fingerprint density at radius 3 is 1.92 bits per heavy atom. The van der Waals surface area contributed by atoms with Gasteiger partial charge in [0, 0.05) is 20.7 Å². The highest BCUT2D eigenvalue weighted by Gasteiger charge is 2.51. The van der Waals surface area contributed by atoms with Crippen molar-refractivity contribution in [2.45, 2.75) is 84.4 Å². The predicted molar refractivity (Wildman–Crippen MR) is 157 cm³/mol. The van der Waals surface area contributed by atoms with Crippen molar-refractivity contribution < 1.29 is 14.3 Å². The molecular weight excluding hydrogens is 497 g/mol. The molecule has 6 nitrogen and oxygen atoms in total. The summed E-state index contributed by atoms with van der Waals surface area (Å²) in [6.45, 7) is 16.7. The molecule has 202 valence electrons. The number of nitrogens with zero attached hydrogens (tertiary/aromatic N) is 2. The van der Waals surface area contributed by atoms with E-state index in [0.29, 0.717) is 18.8 Å². The smallest absolute Gasteiger partial charge is 0.269 e. The van der Waals surface area contributed by atoms with Crippen molar-refractivity contribution in [3.8, 4) is 0 Å². The monoisotopic (exact) mass is 540 g/mol. The van der Waals surface area contributed by atoms with E-state index in [1.807, 2.05) is 16.8 Å². The first-order chi connectivity index (χ1) is 17.4. The van der Waals surface area contributed by atoms with Gasteiger partial charge in [-0.1, -0.05) is 101 Å². The number of hydrogen-bond donors (Lipinski definition) is 1. The molecule has 37 heavy (non-hydrogen) atoms. The summed E-state index contributed by atoms with van der Waals surface area (Å²) >= 11 is 0. The quantitative estimate of drug-likeness (QED) is 0.273. The van der Waals surface area contributed by atoms with Crippen LogP contribution in [0.25, 0.3) is 0 Å². The maximum atomic E-state index is 12.8. The van der Waals surface area contributed by atoms with Crippen LogP contribution in [0.2, 0.25) is 30.7 Å². The van der Waals surface area contributed by atoms with Gasteiger partial charge in [-0.15, -0.1) is 0 Å².